The number of benzene rings is 2. The van der Waals surface area contributed by atoms with E-state index in [-0.39, 0.29) is 39.7 Å². The molecule has 10 heteroatoms. The van der Waals surface area contributed by atoms with Crippen molar-refractivity contribution in [3.05, 3.63) is 75.2 Å². The third kappa shape index (κ3) is 2.35. The number of aliphatic hydroxyl groups is 1. The van der Waals surface area contributed by atoms with Crippen LogP contribution in [-0.2, 0) is 10.4 Å². The van der Waals surface area contributed by atoms with Gasteiger partial charge in [-0.3, -0.25) is 14.9 Å². The highest BCUT2D eigenvalue weighted by Crippen LogP contribution is 2.44. The van der Waals surface area contributed by atoms with Crippen LogP contribution in [0.5, 0.6) is 0 Å². The van der Waals surface area contributed by atoms with Crippen LogP contribution in [0, 0.1) is 22.9 Å². The fourth-order valence-electron chi connectivity index (χ4n) is 3.44. The Morgan fingerprint density at radius 2 is 2.07 bits per heavy atom. The second-order valence-corrected chi connectivity index (χ2v) is 6.39. The highest BCUT2D eigenvalue weighted by Gasteiger charge is 2.50. The van der Waals surface area contributed by atoms with Gasteiger partial charge in [-0.05, 0) is 31.2 Å². The molecule has 9 nitrogen and oxygen atoms in total. The number of nitrogens with zero attached hydrogens (tertiary/aromatic N) is 3. The highest BCUT2D eigenvalue weighted by atomic mass is 19.1. The number of nitro benzene ring substituents is 1. The summed E-state index contributed by atoms with van der Waals surface area (Å²) in [5.74, 6) is -1.51. The molecule has 28 heavy (non-hydrogen) atoms. The summed E-state index contributed by atoms with van der Waals surface area (Å²) in [7, 11) is 0. The Kier molecular flexibility index (Phi) is 3.69. The zero-order valence-electron chi connectivity index (χ0n) is 14.5. The maximum Gasteiger partial charge on any atom is 0.271 e. The molecule has 1 atom stereocenters. The largest absolute Gasteiger partial charge is 0.383 e. The number of non-ortho nitro benzene ring substituents is 1. The number of nitro groups is 1. The van der Waals surface area contributed by atoms with Crippen LogP contribution < -0.4 is 11.1 Å². The number of carbonyl (C=O) groups excluding carboxylic acids is 1. The minimum atomic E-state index is -2.25. The Balaban J connectivity index is 1.92. The predicted molar refractivity (Wildman–Crippen MR) is 97.4 cm³/mol. The van der Waals surface area contributed by atoms with Gasteiger partial charge in [-0.1, -0.05) is 6.07 Å². The maximum absolute atomic E-state index is 13.8. The topological polar surface area (TPSA) is 136 Å². The van der Waals surface area contributed by atoms with Crippen molar-refractivity contribution in [3.8, 4) is 5.69 Å². The molecule has 0 spiro atoms. The van der Waals surface area contributed by atoms with Gasteiger partial charge in [0, 0.05) is 23.4 Å². The first-order chi connectivity index (χ1) is 13.2. The molecule has 0 saturated carbocycles. The minimum absolute atomic E-state index is 0.0131. The van der Waals surface area contributed by atoms with Gasteiger partial charge in [0.1, 0.15) is 11.6 Å². The molecule has 142 valence electrons. The molecule has 3 aromatic rings. The number of nitrogens with one attached hydrogen (secondary N) is 1. The lowest BCUT2D eigenvalue weighted by atomic mass is 9.87. The number of carbonyl (C=O) groups is 1. The van der Waals surface area contributed by atoms with Crippen LogP contribution in [0.3, 0.4) is 0 Å². The van der Waals surface area contributed by atoms with E-state index in [1.54, 1.807) is 6.07 Å². The Bertz CT molecular complexity index is 1160. The van der Waals surface area contributed by atoms with Gasteiger partial charge >= 0.3 is 0 Å². The minimum Gasteiger partial charge on any atom is -0.383 e. The van der Waals surface area contributed by atoms with Crippen molar-refractivity contribution in [2.24, 2.45) is 0 Å². The zero-order chi connectivity index (χ0) is 20.2. The molecule has 1 aliphatic heterocycles. The van der Waals surface area contributed by atoms with Gasteiger partial charge in [0.05, 0.1) is 21.9 Å². The fraction of sp³-hybridized carbons (Fsp3) is 0.111. The summed E-state index contributed by atoms with van der Waals surface area (Å²) in [4.78, 5) is 23.1. The Morgan fingerprint density at radius 3 is 2.79 bits per heavy atom. The van der Waals surface area contributed by atoms with E-state index in [0.29, 0.717) is 0 Å². The maximum atomic E-state index is 13.8. The summed E-state index contributed by atoms with van der Waals surface area (Å²) in [6.45, 7) is 1.53. The lowest BCUT2D eigenvalue weighted by Crippen LogP contribution is -2.36. The first-order valence-electron chi connectivity index (χ1n) is 8.17. The molecule has 0 unspecified atom stereocenters. The van der Waals surface area contributed by atoms with Crippen molar-refractivity contribution >= 4 is 23.1 Å². The van der Waals surface area contributed by atoms with Gasteiger partial charge in [0.2, 0.25) is 5.60 Å². The van der Waals surface area contributed by atoms with Crippen LogP contribution in [0.1, 0.15) is 16.8 Å². The highest BCUT2D eigenvalue weighted by molar-refractivity contribution is 6.08. The molecule has 1 aliphatic rings. The second kappa shape index (κ2) is 5.86. The van der Waals surface area contributed by atoms with Crippen molar-refractivity contribution in [2.75, 3.05) is 11.1 Å². The van der Waals surface area contributed by atoms with Crippen molar-refractivity contribution in [1.82, 2.24) is 9.78 Å². The van der Waals surface area contributed by atoms with Crippen LogP contribution in [0.4, 0.5) is 21.6 Å². The third-order valence-electron chi connectivity index (χ3n) is 4.69. The molecule has 0 saturated heterocycles. The molecule has 0 bridgehead atoms. The van der Waals surface area contributed by atoms with Crippen LogP contribution >= 0.6 is 0 Å². The monoisotopic (exact) mass is 383 g/mol. The van der Waals surface area contributed by atoms with Crippen molar-refractivity contribution in [1.29, 1.82) is 0 Å². The lowest BCUT2D eigenvalue weighted by molar-refractivity contribution is -0.384. The van der Waals surface area contributed by atoms with E-state index in [9.17, 15) is 24.4 Å². The smallest absolute Gasteiger partial charge is 0.271 e. The van der Waals surface area contributed by atoms with Gasteiger partial charge in [-0.15, -0.1) is 0 Å². The summed E-state index contributed by atoms with van der Waals surface area (Å²) in [6.07, 6.45) is 0. The van der Waals surface area contributed by atoms with E-state index in [1.807, 2.05) is 0 Å². The van der Waals surface area contributed by atoms with E-state index < -0.39 is 22.2 Å². The average Bonchev–Trinajstić information content (AvgIpc) is 3.09. The molecule has 1 aromatic heterocycles. The van der Waals surface area contributed by atoms with Gasteiger partial charge in [0.25, 0.3) is 11.6 Å². The normalized spacial score (nSPS) is 18.0. The number of nitrogens with two attached hydrogens (primary N) is 1. The van der Waals surface area contributed by atoms with Crippen LogP contribution in [0.15, 0.2) is 42.5 Å². The zero-order valence-corrected chi connectivity index (χ0v) is 14.5. The molecule has 0 aliphatic carbocycles. The number of aryl methyl sites for hydroxylation is 1. The van der Waals surface area contributed by atoms with E-state index in [1.165, 1.54) is 35.9 Å². The summed E-state index contributed by atoms with van der Waals surface area (Å²) in [5.41, 5.74) is 4.53. The average molecular weight is 383 g/mol. The standard InChI is InChI=1S/C18H14FN5O4/c1-9-15(18(26)13-7-10(19)5-6-14(13)21-17(18)25)16(20)23(22-9)11-3-2-4-12(8-11)24(27)28/h2-8,26H,20H2,1H3,(H,21,25)/t18-/m0/s1. The number of rotatable bonds is 3. The van der Waals surface area contributed by atoms with Gasteiger partial charge in [-0.25, -0.2) is 9.07 Å². The van der Waals surface area contributed by atoms with Crippen molar-refractivity contribution < 1.29 is 19.2 Å². The number of aromatic nitrogens is 2. The first kappa shape index (κ1) is 17.6. The number of hydrogen-bond acceptors (Lipinski definition) is 6. The first-order valence-corrected chi connectivity index (χ1v) is 8.17. The second-order valence-electron chi connectivity index (χ2n) is 6.39. The van der Waals surface area contributed by atoms with Crippen molar-refractivity contribution in [2.45, 2.75) is 12.5 Å². The van der Waals surface area contributed by atoms with Gasteiger partial charge in [-0.2, -0.15) is 5.10 Å². The van der Waals surface area contributed by atoms with E-state index in [4.69, 9.17) is 5.73 Å². The Labute approximate surface area is 157 Å². The molecule has 2 heterocycles. The SMILES string of the molecule is Cc1nn(-c2cccc([N+](=O)[O-])c2)c(N)c1[C@]1(O)C(=O)Nc2ccc(F)cc21. The summed E-state index contributed by atoms with van der Waals surface area (Å²) >= 11 is 0. The third-order valence-corrected chi connectivity index (χ3v) is 4.69. The summed E-state index contributed by atoms with van der Waals surface area (Å²) in [5, 5.41) is 29.0. The number of amides is 1. The molecule has 0 fully saturated rings. The van der Waals surface area contributed by atoms with Gasteiger partial charge < -0.3 is 16.2 Å². The molecule has 1 amide bonds. The predicted octanol–water partition coefficient (Wildman–Crippen LogP) is 2.00. The summed E-state index contributed by atoms with van der Waals surface area (Å²) in [6, 6.07) is 9.14. The Morgan fingerprint density at radius 1 is 1.32 bits per heavy atom. The molecule has 2 aromatic carbocycles. The number of nitrogen functional groups attached to an aromatic ring is 1. The van der Waals surface area contributed by atoms with E-state index in [2.05, 4.69) is 10.4 Å². The number of anilines is 2. The quantitative estimate of drug-likeness (QED) is 0.467. The van der Waals surface area contributed by atoms with E-state index >= 15 is 0 Å². The van der Waals surface area contributed by atoms with Crippen LogP contribution in [0.2, 0.25) is 0 Å². The van der Waals surface area contributed by atoms with Crippen molar-refractivity contribution in [3.63, 3.8) is 0 Å². The lowest BCUT2D eigenvalue weighted by Gasteiger charge is -2.21. The van der Waals surface area contributed by atoms with Crippen LogP contribution in [0.25, 0.3) is 5.69 Å². The number of hydrogen-bond donors (Lipinski definition) is 3. The molecule has 0 radical (unpaired) electrons. The molecular weight excluding hydrogens is 369 g/mol. The molecule has 4 rings (SSSR count). The number of halogens is 1. The van der Waals surface area contributed by atoms with Crippen LogP contribution in [-0.4, -0.2) is 25.7 Å². The van der Waals surface area contributed by atoms with E-state index in [0.717, 1.165) is 12.1 Å². The van der Waals surface area contributed by atoms with Gasteiger partial charge in [0.15, 0.2) is 0 Å². The molecular formula is C18H14FN5O4. The summed E-state index contributed by atoms with van der Waals surface area (Å²) < 4.78 is 15.0. The molecule has 4 N–H and O–H groups in total. The fourth-order valence-corrected chi connectivity index (χ4v) is 3.44. The Hall–Kier alpha value is -3.79. The number of fused-ring (bicyclic) bond motifs is 1.